The maximum Gasteiger partial charge on any atom is 0.264 e. The third-order valence-electron chi connectivity index (χ3n) is 7.40. The van der Waals surface area contributed by atoms with Crippen LogP contribution >= 0.6 is 0 Å². The molecule has 0 saturated carbocycles. The summed E-state index contributed by atoms with van der Waals surface area (Å²) in [4.78, 5) is 4.62. The molecular formula is C28H31F2N3O3S. The van der Waals surface area contributed by atoms with Gasteiger partial charge in [-0.3, -0.25) is 9.21 Å². The van der Waals surface area contributed by atoms with Crippen molar-refractivity contribution in [3.8, 4) is 5.75 Å². The van der Waals surface area contributed by atoms with Gasteiger partial charge in [0, 0.05) is 44.8 Å². The Morgan fingerprint density at radius 1 is 0.892 bits per heavy atom. The van der Waals surface area contributed by atoms with Crippen LogP contribution in [0.5, 0.6) is 5.75 Å². The molecule has 196 valence electrons. The highest BCUT2D eigenvalue weighted by Gasteiger charge is 2.34. The molecule has 5 rings (SSSR count). The summed E-state index contributed by atoms with van der Waals surface area (Å²) < 4.78 is 61.3. The summed E-state index contributed by atoms with van der Waals surface area (Å²) in [5.41, 5.74) is 3.59. The number of sulfonamides is 1. The van der Waals surface area contributed by atoms with E-state index in [-0.39, 0.29) is 16.8 Å². The minimum Gasteiger partial charge on any atom is -0.494 e. The van der Waals surface area contributed by atoms with E-state index in [1.54, 1.807) is 13.2 Å². The molecule has 0 N–H and O–H groups in total. The number of piperazine rings is 1. The molecule has 1 saturated heterocycles. The number of anilines is 2. The fourth-order valence-corrected chi connectivity index (χ4v) is 6.98. The molecule has 6 nitrogen and oxygen atoms in total. The average molecular weight is 528 g/mol. The van der Waals surface area contributed by atoms with Gasteiger partial charge < -0.3 is 9.64 Å². The zero-order chi connectivity index (χ0) is 26.2. The highest BCUT2D eigenvalue weighted by molar-refractivity contribution is 7.92. The van der Waals surface area contributed by atoms with E-state index in [2.05, 4.69) is 16.7 Å². The lowest BCUT2D eigenvalue weighted by Crippen LogP contribution is -2.47. The fourth-order valence-electron chi connectivity index (χ4n) is 5.41. The number of benzene rings is 3. The highest BCUT2D eigenvalue weighted by atomic mass is 32.2. The monoisotopic (exact) mass is 527 g/mol. The molecule has 0 spiro atoms. The number of hydrogen-bond donors (Lipinski definition) is 0. The van der Waals surface area contributed by atoms with Crippen LogP contribution in [0.2, 0.25) is 0 Å². The van der Waals surface area contributed by atoms with Crippen LogP contribution in [-0.4, -0.2) is 53.2 Å². The maximum absolute atomic E-state index is 13.7. The molecule has 2 aliphatic rings. The van der Waals surface area contributed by atoms with Crippen LogP contribution in [0.4, 0.5) is 20.2 Å². The van der Waals surface area contributed by atoms with Gasteiger partial charge in [-0.15, -0.1) is 0 Å². The van der Waals surface area contributed by atoms with Crippen molar-refractivity contribution < 1.29 is 21.9 Å². The van der Waals surface area contributed by atoms with Crippen molar-refractivity contribution in [2.45, 2.75) is 30.7 Å². The molecular weight excluding hydrogens is 496 g/mol. The van der Waals surface area contributed by atoms with E-state index in [0.717, 1.165) is 61.5 Å². The quantitative estimate of drug-likeness (QED) is 0.452. The summed E-state index contributed by atoms with van der Waals surface area (Å²) in [5.74, 6) is -0.285. The first-order valence-electron chi connectivity index (χ1n) is 12.5. The first kappa shape index (κ1) is 25.5. The molecule has 37 heavy (non-hydrogen) atoms. The van der Waals surface area contributed by atoms with Gasteiger partial charge in [0.05, 0.1) is 23.4 Å². The van der Waals surface area contributed by atoms with Crippen molar-refractivity contribution >= 4 is 21.4 Å². The van der Waals surface area contributed by atoms with Gasteiger partial charge in [-0.25, -0.2) is 17.2 Å². The number of methoxy groups -OCH3 is 1. The summed E-state index contributed by atoms with van der Waals surface area (Å²) in [7, 11) is -2.30. The average Bonchev–Trinajstić information content (AvgIpc) is 2.92. The third-order valence-corrected chi connectivity index (χ3v) is 9.22. The predicted octanol–water partition coefficient (Wildman–Crippen LogP) is 5.00. The van der Waals surface area contributed by atoms with Crippen molar-refractivity contribution in [2.24, 2.45) is 0 Å². The molecule has 0 radical (unpaired) electrons. The Kier molecular flexibility index (Phi) is 7.09. The van der Waals surface area contributed by atoms with Gasteiger partial charge in [0.25, 0.3) is 10.0 Å². The lowest BCUT2D eigenvalue weighted by Gasteiger charge is -2.41. The Bertz CT molecular complexity index is 1370. The van der Waals surface area contributed by atoms with Gasteiger partial charge in [-0.1, -0.05) is 18.2 Å². The van der Waals surface area contributed by atoms with Crippen LogP contribution in [0.3, 0.4) is 0 Å². The Balaban J connectivity index is 1.40. The van der Waals surface area contributed by atoms with Gasteiger partial charge in [0.15, 0.2) is 0 Å². The van der Waals surface area contributed by atoms with Crippen LogP contribution in [0.25, 0.3) is 0 Å². The fraction of sp³-hybridized carbons (Fsp3) is 0.357. The molecule has 3 aromatic carbocycles. The minimum absolute atomic E-state index is 0.0174. The SMILES string of the molecule is COc1cc(F)ccc1N1CCN(C(C)c2cccc3c2N(S(=O)(=O)c2ccc(F)cc2)CCC3)CC1. The van der Waals surface area contributed by atoms with E-state index in [0.29, 0.717) is 12.3 Å². The number of ether oxygens (including phenoxy) is 1. The second-order valence-electron chi connectivity index (χ2n) is 9.50. The van der Waals surface area contributed by atoms with Gasteiger partial charge in [0.2, 0.25) is 0 Å². The maximum atomic E-state index is 13.7. The summed E-state index contributed by atoms with van der Waals surface area (Å²) in [6.45, 7) is 5.49. The van der Waals surface area contributed by atoms with Crippen LogP contribution in [-0.2, 0) is 16.4 Å². The van der Waals surface area contributed by atoms with Gasteiger partial charge >= 0.3 is 0 Å². The number of para-hydroxylation sites is 1. The van der Waals surface area contributed by atoms with Crippen molar-refractivity contribution in [1.29, 1.82) is 0 Å². The van der Waals surface area contributed by atoms with Crippen LogP contribution in [0.1, 0.15) is 30.5 Å². The first-order chi connectivity index (χ1) is 17.8. The second-order valence-corrected chi connectivity index (χ2v) is 11.4. The Morgan fingerprint density at radius 2 is 1.59 bits per heavy atom. The molecule has 0 aliphatic carbocycles. The Morgan fingerprint density at radius 3 is 2.30 bits per heavy atom. The smallest absolute Gasteiger partial charge is 0.264 e. The Labute approximate surface area is 217 Å². The lowest BCUT2D eigenvalue weighted by atomic mass is 9.95. The number of nitrogens with zero attached hydrogens (tertiary/aromatic N) is 3. The van der Waals surface area contributed by atoms with Crippen LogP contribution in [0.15, 0.2) is 65.6 Å². The largest absolute Gasteiger partial charge is 0.494 e. The van der Waals surface area contributed by atoms with Crippen LogP contribution < -0.4 is 13.9 Å². The summed E-state index contributed by atoms with van der Waals surface area (Å²) in [6.07, 6.45) is 1.53. The number of aryl methyl sites for hydroxylation is 1. The van der Waals surface area contributed by atoms with Crippen molar-refractivity contribution in [2.75, 3.05) is 49.0 Å². The van der Waals surface area contributed by atoms with E-state index in [4.69, 9.17) is 4.74 Å². The van der Waals surface area contributed by atoms with Gasteiger partial charge in [-0.05, 0) is 67.3 Å². The topological polar surface area (TPSA) is 53.1 Å². The number of hydrogen-bond acceptors (Lipinski definition) is 5. The molecule has 3 aromatic rings. The zero-order valence-corrected chi connectivity index (χ0v) is 21.8. The summed E-state index contributed by atoms with van der Waals surface area (Å²) >= 11 is 0. The normalized spacial score (nSPS) is 17.4. The standard InChI is InChI=1S/C28H31F2N3O3S/c1-20(31-15-17-32(18-16-31)26-13-10-23(30)19-27(26)36-2)25-7-3-5-21-6-4-14-33(28(21)25)37(34,35)24-11-8-22(29)9-12-24/h3,5,7-13,19-20H,4,6,14-18H2,1-2H3. The summed E-state index contributed by atoms with van der Waals surface area (Å²) in [5, 5.41) is 0. The number of halogens is 2. The first-order valence-corrected chi connectivity index (χ1v) is 14.0. The molecule has 0 aromatic heterocycles. The van der Waals surface area contributed by atoms with Crippen molar-refractivity contribution in [3.05, 3.63) is 83.4 Å². The van der Waals surface area contributed by atoms with E-state index in [1.165, 1.54) is 40.7 Å². The van der Waals surface area contributed by atoms with Crippen molar-refractivity contribution in [1.82, 2.24) is 4.90 Å². The molecule has 1 fully saturated rings. The van der Waals surface area contributed by atoms with E-state index < -0.39 is 15.8 Å². The predicted molar refractivity (Wildman–Crippen MR) is 141 cm³/mol. The second kappa shape index (κ2) is 10.3. The van der Waals surface area contributed by atoms with E-state index in [1.807, 2.05) is 18.2 Å². The molecule has 0 bridgehead atoms. The van der Waals surface area contributed by atoms with Gasteiger partial charge in [-0.2, -0.15) is 0 Å². The van der Waals surface area contributed by atoms with E-state index >= 15 is 0 Å². The summed E-state index contributed by atoms with van der Waals surface area (Å²) in [6, 6.07) is 15.6. The van der Waals surface area contributed by atoms with Gasteiger partial charge in [0.1, 0.15) is 17.4 Å². The number of rotatable bonds is 6. The molecule has 2 heterocycles. The molecule has 0 amide bonds. The molecule has 2 aliphatic heterocycles. The molecule has 1 unspecified atom stereocenters. The molecule has 9 heteroatoms. The zero-order valence-electron chi connectivity index (χ0n) is 21.0. The highest BCUT2D eigenvalue weighted by Crippen LogP contribution is 2.40. The lowest BCUT2D eigenvalue weighted by molar-refractivity contribution is 0.198. The molecule has 1 atom stereocenters. The van der Waals surface area contributed by atoms with Crippen molar-refractivity contribution in [3.63, 3.8) is 0 Å². The Hall–Kier alpha value is -3.17. The van der Waals surface area contributed by atoms with E-state index in [9.17, 15) is 17.2 Å². The van der Waals surface area contributed by atoms with Crippen LogP contribution in [0, 0.1) is 11.6 Å². The number of fused-ring (bicyclic) bond motifs is 1. The minimum atomic E-state index is -3.84. The third kappa shape index (κ3) is 4.90.